The van der Waals surface area contributed by atoms with Gasteiger partial charge in [0.1, 0.15) is 0 Å². The van der Waals surface area contributed by atoms with Gasteiger partial charge in [0.2, 0.25) is 0 Å². The maximum Gasteiger partial charge on any atom is 0.416 e. The number of aliphatic carboxylic acids is 1. The number of carbonyl (C=O) groups is 1. The Labute approximate surface area is 114 Å². The van der Waals surface area contributed by atoms with Crippen LogP contribution in [0.25, 0.3) is 0 Å². The number of carboxylic acid groups (broad SMARTS) is 1. The van der Waals surface area contributed by atoms with Crippen LogP contribution in [0, 0.1) is 0 Å². The average Bonchev–Trinajstić information content (AvgIpc) is 2.39. The number of carboxylic acids is 1. The van der Waals surface area contributed by atoms with Gasteiger partial charge in [0, 0.05) is 6.04 Å². The van der Waals surface area contributed by atoms with Gasteiger partial charge < -0.3 is 10.4 Å². The van der Waals surface area contributed by atoms with Gasteiger partial charge in [0.25, 0.3) is 0 Å². The van der Waals surface area contributed by atoms with Crippen molar-refractivity contribution in [3.8, 4) is 0 Å². The lowest BCUT2D eigenvalue weighted by Crippen LogP contribution is -2.41. The Morgan fingerprint density at radius 3 is 2.65 bits per heavy atom. The molecular weight excluding hydrogens is 271 g/mol. The van der Waals surface area contributed by atoms with Gasteiger partial charge in [-0.25, -0.2) is 0 Å². The van der Waals surface area contributed by atoms with E-state index in [1.54, 1.807) is 0 Å². The maximum atomic E-state index is 12.7. The van der Waals surface area contributed by atoms with Gasteiger partial charge in [-0.1, -0.05) is 24.6 Å². The van der Waals surface area contributed by atoms with Crippen molar-refractivity contribution in [2.75, 3.05) is 6.54 Å². The minimum Gasteiger partial charge on any atom is -0.481 e. The maximum absolute atomic E-state index is 12.7. The lowest BCUT2D eigenvalue weighted by Gasteiger charge is -2.29. The molecule has 2 rings (SSSR count). The summed E-state index contributed by atoms with van der Waals surface area (Å²) in [6, 6.07) is 4.29. The van der Waals surface area contributed by atoms with E-state index in [0.717, 1.165) is 25.0 Å². The van der Waals surface area contributed by atoms with E-state index in [-0.39, 0.29) is 11.6 Å². The van der Waals surface area contributed by atoms with E-state index in [4.69, 9.17) is 0 Å². The summed E-state index contributed by atoms with van der Waals surface area (Å²) in [4.78, 5) is 11.4. The SMILES string of the molecule is O=C(O)C(c1cccc(C(F)(F)F)c1)C1CCCCN1. The van der Waals surface area contributed by atoms with Crippen LogP contribution in [-0.2, 0) is 11.0 Å². The molecule has 1 aromatic carbocycles. The highest BCUT2D eigenvalue weighted by Crippen LogP contribution is 2.33. The topological polar surface area (TPSA) is 49.3 Å². The van der Waals surface area contributed by atoms with E-state index in [1.165, 1.54) is 12.1 Å². The summed E-state index contributed by atoms with van der Waals surface area (Å²) >= 11 is 0. The summed E-state index contributed by atoms with van der Waals surface area (Å²) in [5.41, 5.74) is -0.608. The van der Waals surface area contributed by atoms with E-state index >= 15 is 0 Å². The quantitative estimate of drug-likeness (QED) is 0.898. The monoisotopic (exact) mass is 287 g/mol. The molecule has 2 unspecified atom stereocenters. The van der Waals surface area contributed by atoms with Crippen molar-refractivity contribution in [2.45, 2.75) is 37.4 Å². The van der Waals surface area contributed by atoms with Gasteiger partial charge in [0.15, 0.2) is 0 Å². The number of alkyl halides is 3. The van der Waals surface area contributed by atoms with E-state index < -0.39 is 23.6 Å². The van der Waals surface area contributed by atoms with Crippen LogP contribution >= 0.6 is 0 Å². The predicted octanol–water partition coefficient (Wildman–Crippen LogP) is 3.02. The summed E-state index contributed by atoms with van der Waals surface area (Å²) in [5, 5.41) is 12.4. The van der Waals surface area contributed by atoms with Gasteiger partial charge in [0.05, 0.1) is 11.5 Å². The molecule has 1 fully saturated rings. The van der Waals surface area contributed by atoms with Crippen LogP contribution in [-0.4, -0.2) is 23.7 Å². The standard InChI is InChI=1S/C14H16F3NO2/c15-14(16,17)10-5-3-4-9(8-10)12(13(19)20)11-6-1-2-7-18-11/h3-5,8,11-12,18H,1-2,6-7H2,(H,19,20). The molecule has 110 valence electrons. The zero-order valence-corrected chi connectivity index (χ0v) is 10.8. The predicted molar refractivity (Wildman–Crippen MR) is 67.5 cm³/mol. The number of hydrogen-bond acceptors (Lipinski definition) is 2. The van der Waals surface area contributed by atoms with Crippen molar-refractivity contribution in [2.24, 2.45) is 0 Å². The second-order valence-corrected chi connectivity index (χ2v) is 5.00. The smallest absolute Gasteiger partial charge is 0.416 e. The molecule has 2 N–H and O–H groups in total. The van der Waals surface area contributed by atoms with E-state index in [9.17, 15) is 23.1 Å². The van der Waals surface area contributed by atoms with Crippen LogP contribution in [0.5, 0.6) is 0 Å². The molecule has 2 atom stereocenters. The highest BCUT2D eigenvalue weighted by atomic mass is 19.4. The third-order valence-corrected chi connectivity index (χ3v) is 3.59. The molecule has 1 heterocycles. The van der Waals surface area contributed by atoms with Crippen molar-refractivity contribution in [1.82, 2.24) is 5.32 Å². The average molecular weight is 287 g/mol. The second kappa shape index (κ2) is 5.83. The summed E-state index contributed by atoms with van der Waals surface area (Å²) in [6.45, 7) is 0.702. The first kappa shape index (κ1) is 14.8. The molecule has 20 heavy (non-hydrogen) atoms. The molecule has 6 heteroatoms. The molecule has 1 aliphatic rings. The van der Waals surface area contributed by atoms with Gasteiger partial charge in [-0.2, -0.15) is 13.2 Å². The van der Waals surface area contributed by atoms with Gasteiger partial charge >= 0.3 is 12.1 Å². The molecule has 1 saturated heterocycles. The number of piperidine rings is 1. The lowest BCUT2D eigenvalue weighted by molar-refractivity contribution is -0.141. The second-order valence-electron chi connectivity index (χ2n) is 5.00. The van der Waals surface area contributed by atoms with Crippen LogP contribution in [0.15, 0.2) is 24.3 Å². The van der Waals surface area contributed by atoms with Crippen LogP contribution in [0.1, 0.15) is 36.3 Å². The first-order valence-corrected chi connectivity index (χ1v) is 6.53. The molecular formula is C14H16F3NO2. The van der Waals surface area contributed by atoms with Crippen LogP contribution in [0.3, 0.4) is 0 Å². The minimum atomic E-state index is -4.46. The van der Waals surface area contributed by atoms with Gasteiger partial charge in [-0.3, -0.25) is 4.79 Å². The first-order valence-electron chi connectivity index (χ1n) is 6.53. The van der Waals surface area contributed by atoms with Crippen molar-refractivity contribution in [3.05, 3.63) is 35.4 Å². The van der Waals surface area contributed by atoms with E-state index in [1.807, 2.05) is 0 Å². The van der Waals surface area contributed by atoms with Gasteiger partial charge in [-0.15, -0.1) is 0 Å². The largest absolute Gasteiger partial charge is 0.481 e. The molecule has 0 saturated carbocycles. The third-order valence-electron chi connectivity index (χ3n) is 3.59. The highest BCUT2D eigenvalue weighted by molar-refractivity contribution is 5.77. The Balaban J connectivity index is 2.32. The Morgan fingerprint density at radius 1 is 1.35 bits per heavy atom. The summed E-state index contributed by atoms with van der Waals surface area (Å²) in [5.74, 6) is -2.04. The molecule has 0 aromatic heterocycles. The fourth-order valence-electron chi connectivity index (χ4n) is 2.62. The third kappa shape index (κ3) is 3.30. The molecule has 0 radical (unpaired) electrons. The van der Waals surface area contributed by atoms with E-state index in [0.29, 0.717) is 13.0 Å². The molecule has 0 aliphatic carbocycles. The number of halogens is 3. The van der Waals surface area contributed by atoms with Gasteiger partial charge in [-0.05, 0) is 31.0 Å². The molecule has 1 aliphatic heterocycles. The Hall–Kier alpha value is -1.56. The molecule has 1 aromatic rings. The highest BCUT2D eigenvalue weighted by Gasteiger charge is 2.34. The Kier molecular flexibility index (Phi) is 4.32. The Morgan fingerprint density at radius 2 is 2.10 bits per heavy atom. The van der Waals surface area contributed by atoms with Crippen LogP contribution in [0.2, 0.25) is 0 Å². The number of hydrogen-bond donors (Lipinski definition) is 2. The van der Waals surface area contributed by atoms with Crippen molar-refractivity contribution < 1.29 is 23.1 Å². The van der Waals surface area contributed by atoms with Crippen LogP contribution in [0.4, 0.5) is 13.2 Å². The van der Waals surface area contributed by atoms with Crippen LogP contribution < -0.4 is 5.32 Å². The van der Waals surface area contributed by atoms with E-state index in [2.05, 4.69) is 5.32 Å². The molecule has 0 spiro atoms. The lowest BCUT2D eigenvalue weighted by atomic mass is 9.86. The fourth-order valence-corrected chi connectivity index (χ4v) is 2.62. The number of rotatable bonds is 3. The molecule has 0 bridgehead atoms. The minimum absolute atomic E-state index is 0.201. The molecule has 3 nitrogen and oxygen atoms in total. The number of nitrogens with one attached hydrogen (secondary N) is 1. The summed E-state index contributed by atoms with van der Waals surface area (Å²) in [6.07, 6.45) is -1.95. The fraction of sp³-hybridized carbons (Fsp3) is 0.500. The summed E-state index contributed by atoms with van der Waals surface area (Å²) in [7, 11) is 0. The Bertz CT molecular complexity index is 482. The summed E-state index contributed by atoms with van der Waals surface area (Å²) < 4.78 is 38.1. The van der Waals surface area contributed by atoms with Crippen molar-refractivity contribution in [3.63, 3.8) is 0 Å². The zero-order valence-electron chi connectivity index (χ0n) is 10.8. The molecule has 0 amide bonds. The van der Waals surface area contributed by atoms with Crippen molar-refractivity contribution >= 4 is 5.97 Å². The normalized spacial score (nSPS) is 21.4. The number of benzene rings is 1. The first-order chi connectivity index (χ1) is 9.39. The van der Waals surface area contributed by atoms with Crippen molar-refractivity contribution in [1.29, 1.82) is 0 Å². The zero-order chi connectivity index (χ0) is 14.8.